The number of carbonyl (C=O) groups is 1. The molecule has 1 unspecified atom stereocenters. The molecule has 0 aliphatic heterocycles. The third-order valence-corrected chi connectivity index (χ3v) is 3.87. The van der Waals surface area contributed by atoms with Gasteiger partial charge in [-0.25, -0.2) is 0 Å². The number of amides is 1. The molecule has 0 heterocycles. The van der Waals surface area contributed by atoms with Gasteiger partial charge in [-0.1, -0.05) is 12.1 Å². The van der Waals surface area contributed by atoms with Crippen molar-refractivity contribution in [3.05, 3.63) is 28.8 Å². The number of primary amides is 1. The van der Waals surface area contributed by atoms with Crippen LogP contribution in [0.5, 0.6) is 5.75 Å². The molecule has 0 saturated heterocycles. The summed E-state index contributed by atoms with van der Waals surface area (Å²) in [4.78, 5) is 11.7. The number of carbonyl (C=O) groups excluding carboxylic acids is 1. The van der Waals surface area contributed by atoms with E-state index in [4.69, 9.17) is 10.5 Å². The molecule has 118 valence electrons. The van der Waals surface area contributed by atoms with Crippen molar-refractivity contribution in [2.75, 3.05) is 6.61 Å². The zero-order valence-corrected chi connectivity index (χ0v) is 14.0. The zero-order chi connectivity index (χ0) is 16.2. The van der Waals surface area contributed by atoms with Crippen LogP contribution in [0.25, 0.3) is 0 Å². The van der Waals surface area contributed by atoms with Gasteiger partial charge in [-0.15, -0.1) is 0 Å². The molecule has 21 heavy (non-hydrogen) atoms. The lowest BCUT2D eigenvalue weighted by molar-refractivity contribution is -0.124. The quantitative estimate of drug-likeness (QED) is 0.812. The fraction of sp³-hybridized carbons (Fsp3) is 0.588. The first-order valence-corrected chi connectivity index (χ1v) is 7.44. The first kappa shape index (κ1) is 17.5. The van der Waals surface area contributed by atoms with E-state index in [2.05, 4.69) is 31.3 Å². The Kier molecular flexibility index (Phi) is 5.78. The Bertz CT molecular complexity index is 512. The van der Waals surface area contributed by atoms with Gasteiger partial charge in [-0.3, -0.25) is 4.79 Å². The molecule has 0 saturated carbocycles. The van der Waals surface area contributed by atoms with Crippen LogP contribution in [0.2, 0.25) is 0 Å². The lowest BCUT2D eigenvalue weighted by atomic mass is 9.96. The Morgan fingerprint density at radius 1 is 1.29 bits per heavy atom. The molecule has 0 spiro atoms. The molecule has 4 nitrogen and oxygen atoms in total. The average molecular weight is 292 g/mol. The van der Waals surface area contributed by atoms with Crippen molar-refractivity contribution in [1.29, 1.82) is 0 Å². The summed E-state index contributed by atoms with van der Waals surface area (Å²) in [5, 5.41) is 3.23. The minimum Gasteiger partial charge on any atom is -0.493 e. The molecule has 1 amide bonds. The van der Waals surface area contributed by atoms with Gasteiger partial charge >= 0.3 is 0 Å². The number of nitrogens with one attached hydrogen (secondary N) is 1. The summed E-state index contributed by atoms with van der Waals surface area (Å²) in [5.41, 5.74) is 8.23. The Morgan fingerprint density at radius 3 is 2.38 bits per heavy atom. The van der Waals surface area contributed by atoms with Crippen molar-refractivity contribution in [3.63, 3.8) is 0 Å². The van der Waals surface area contributed by atoms with Gasteiger partial charge in [0.1, 0.15) is 5.75 Å². The summed E-state index contributed by atoms with van der Waals surface area (Å²) in [7, 11) is 0. The summed E-state index contributed by atoms with van der Waals surface area (Å²) in [6.45, 7) is 12.4. The Labute approximate surface area is 128 Å². The molecule has 0 bridgehead atoms. The van der Waals surface area contributed by atoms with E-state index in [9.17, 15) is 4.79 Å². The van der Waals surface area contributed by atoms with Crippen molar-refractivity contribution in [3.8, 4) is 5.75 Å². The van der Waals surface area contributed by atoms with Crippen LogP contribution >= 0.6 is 0 Å². The Morgan fingerprint density at radius 2 is 1.86 bits per heavy atom. The maximum Gasteiger partial charge on any atom is 0.237 e. The number of ether oxygens (including phenoxy) is 1. The zero-order valence-electron chi connectivity index (χ0n) is 14.0. The van der Waals surface area contributed by atoms with Crippen LogP contribution in [0.15, 0.2) is 12.1 Å². The Balaban J connectivity index is 2.76. The highest BCUT2D eigenvalue weighted by Gasteiger charge is 2.31. The smallest absolute Gasteiger partial charge is 0.237 e. The van der Waals surface area contributed by atoms with Crippen LogP contribution in [0.1, 0.15) is 43.9 Å². The van der Waals surface area contributed by atoms with Crippen LogP contribution in [-0.2, 0) is 4.79 Å². The van der Waals surface area contributed by atoms with E-state index in [1.807, 2.05) is 27.7 Å². The molecule has 0 fully saturated rings. The topological polar surface area (TPSA) is 64.3 Å². The lowest BCUT2D eigenvalue weighted by Gasteiger charge is -2.30. The fourth-order valence-corrected chi connectivity index (χ4v) is 2.41. The molecular weight excluding hydrogens is 264 g/mol. The second-order valence-electron chi connectivity index (χ2n) is 6.25. The number of nitrogens with two attached hydrogens (primary N) is 1. The largest absolute Gasteiger partial charge is 0.493 e. The minimum absolute atomic E-state index is 0.185. The van der Waals surface area contributed by atoms with Gasteiger partial charge in [0.05, 0.1) is 12.1 Å². The first-order valence-electron chi connectivity index (χ1n) is 7.44. The molecular formula is C17H28N2O2. The third kappa shape index (κ3) is 4.46. The summed E-state index contributed by atoms with van der Waals surface area (Å²) in [6.07, 6.45) is 0.535. The monoisotopic (exact) mass is 292 g/mol. The van der Waals surface area contributed by atoms with Crippen molar-refractivity contribution < 1.29 is 9.53 Å². The highest BCUT2D eigenvalue weighted by Crippen LogP contribution is 2.26. The average Bonchev–Trinajstić information content (AvgIpc) is 2.37. The van der Waals surface area contributed by atoms with Crippen LogP contribution < -0.4 is 15.8 Å². The maximum atomic E-state index is 11.7. The lowest BCUT2D eigenvalue weighted by Crippen LogP contribution is -2.56. The standard InChI is InChI=1S/C17H28N2O2/c1-11(2)19-17(6,16(18)20)9-10-21-15-13(4)8-7-12(3)14(15)5/h7-8,11,19H,9-10H2,1-6H3,(H2,18,20). The molecule has 1 rings (SSSR count). The van der Waals surface area contributed by atoms with Gasteiger partial charge in [0.2, 0.25) is 5.91 Å². The van der Waals surface area contributed by atoms with E-state index in [-0.39, 0.29) is 11.9 Å². The van der Waals surface area contributed by atoms with Crippen molar-refractivity contribution in [2.24, 2.45) is 5.73 Å². The number of aryl methyl sites for hydroxylation is 2. The number of hydrogen-bond acceptors (Lipinski definition) is 3. The molecule has 3 N–H and O–H groups in total. The molecule has 4 heteroatoms. The number of hydrogen-bond donors (Lipinski definition) is 2. The molecule has 0 radical (unpaired) electrons. The second kappa shape index (κ2) is 6.94. The van der Waals surface area contributed by atoms with E-state index in [1.54, 1.807) is 0 Å². The number of rotatable bonds is 7. The number of benzene rings is 1. The van der Waals surface area contributed by atoms with Crippen molar-refractivity contribution >= 4 is 5.91 Å². The van der Waals surface area contributed by atoms with E-state index in [0.717, 1.165) is 16.9 Å². The maximum absolute atomic E-state index is 11.7. The van der Waals surface area contributed by atoms with Crippen LogP contribution in [-0.4, -0.2) is 24.1 Å². The summed E-state index contributed by atoms with van der Waals surface area (Å²) < 4.78 is 5.93. The SMILES string of the molecule is Cc1ccc(C)c(OCCC(C)(NC(C)C)C(N)=O)c1C. The predicted octanol–water partition coefficient (Wildman–Crippen LogP) is 2.62. The summed E-state index contributed by atoms with van der Waals surface area (Å²) in [6, 6.07) is 4.33. The van der Waals surface area contributed by atoms with Crippen LogP contribution in [0.3, 0.4) is 0 Å². The summed E-state index contributed by atoms with van der Waals surface area (Å²) in [5.74, 6) is 0.559. The van der Waals surface area contributed by atoms with Gasteiger partial charge in [0, 0.05) is 12.5 Å². The molecule has 1 aromatic rings. The second-order valence-corrected chi connectivity index (χ2v) is 6.25. The van der Waals surface area contributed by atoms with Crippen molar-refractivity contribution in [1.82, 2.24) is 5.32 Å². The first-order chi connectivity index (χ1) is 9.67. The van der Waals surface area contributed by atoms with Gasteiger partial charge < -0.3 is 15.8 Å². The van der Waals surface area contributed by atoms with Gasteiger partial charge in [0.25, 0.3) is 0 Å². The van der Waals surface area contributed by atoms with E-state index in [1.165, 1.54) is 5.56 Å². The highest BCUT2D eigenvalue weighted by atomic mass is 16.5. The Hall–Kier alpha value is -1.55. The summed E-state index contributed by atoms with van der Waals surface area (Å²) >= 11 is 0. The predicted molar refractivity (Wildman–Crippen MR) is 86.6 cm³/mol. The molecule has 0 aliphatic rings. The van der Waals surface area contributed by atoms with Crippen LogP contribution in [0, 0.1) is 20.8 Å². The van der Waals surface area contributed by atoms with Crippen LogP contribution in [0.4, 0.5) is 0 Å². The van der Waals surface area contributed by atoms with E-state index < -0.39 is 5.54 Å². The minimum atomic E-state index is -0.750. The van der Waals surface area contributed by atoms with E-state index in [0.29, 0.717) is 13.0 Å². The molecule has 1 atom stereocenters. The van der Waals surface area contributed by atoms with Gasteiger partial charge in [-0.2, -0.15) is 0 Å². The fourth-order valence-electron chi connectivity index (χ4n) is 2.41. The third-order valence-electron chi connectivity index (χ3n) is 3.87. The molecule has 1 aromatic carbocycles. The molecule has 0 aromatic heterocycles. The normalized spacial score (nSPS) is 14.0. The van der Waals surface area contributed by atoms with Crippen molar-refractivity contribution in [2.45, 2.75) is 59.5 Å². The van der Waals surface area contributed by atoms with E-state index >= 15 is 0 Å². The molecule has 0 aliphatic carbocycles. The van der Waals surface area contributed by atoms with Gasteiger partial charge in [-0.05, 0) is 58.2 Å². The highest BCUT2D eigenvalue weighted by molar-refractivity contribution is 5.84. The van der Waals surface area contributed by atoms with Gasteiger partial charge in [0.15, 0.2) is 0 Å².